The Labute approximate surface area is 120 Å². The highest BCUT2D eigenvalue weighted by atomic mass is 16.5. The average molecular weight is 274 g/mol. The van der Waals surface area contributed by atoms with Crippen LogP contribution >= 0.6 is 0 Å². The molecular formula is C16H22N2O2. The van der Waals surface area contributed by atoms with Crippen LogP contribution in [0.5, 0.6) is 0 Å². The summed E-state index contributed by atoms with van der Waals surface area (Å²) in [6.07, 6.45) is 1.41. The lowest BCUT2D eigenvalue weighted by Gasteiger charge is -2.28. The van der Waals surface area contributed by atoms with E-state index in [0.717, 1.165) is 39.2 Å². The molecule has 4 nitrogen and oxygen atoms in total. The third-order valence-electron chi connectivity index (χ3n) is 4.12. The van der Waals surface area contributed by atoms with E-state index in [4.69, 9.17) is 4.74 Å². The largest absolute Gasteiger partial charge is 0.373 e. The van der Waals surface area contributed by atoms with Crippen molar-refractivity contribution in [2.75, 3.05) is 39.3 Å². The second kappa shape index (κ2) is 6.48. The molecule has 20 heavy (non-hydrogen) atoms. The SMILES string of the molecule is O=C(CC1OCCc2ccccc21)CN1CCNCC1. The third kappa shape index (κ3) is 3.26. The summed E-state index contributed by atoms with van der Waals surface area (Å²) in [6, 6.07) is 8.33. The van der Waals surface area contributed by atoms with Gasteiger partial charge in [-0.25, -0.2) is 0 Å². The van der Waals surface area contributed by atoms with Crippen molar-refractivity contribution in [2.45, 2.75) is 18.9 Å². The van der Waals surface area contributed by atoms with Gasteiger partial charge in [0.05, 0.1) is 19.3 Å². The Balaban J connectivity index is 1.59. The molecule has 1 saturated heterocycles. The highest BCUT2D eigenvalue weighted by Crippen LogP contribution is 2.29. The van der Waals surface area contributed by atoms with Gasteiger partial charge in [-0.05, 0) is 17.5 Å². The van der Waals surface area contributed by atoms with Gasteiger partial charge in [-0.15, -0.1) is 0 Å². The summed E-state index contributed by atoms with van der Waals surface area (Å²) in [7, 11) is 0. The average Bonchev–Trinajstić information content (AvgIpc) is 2.48. The molecule has 3 rings (SSSR count). The number of Topliss-reactive ketones (excluding diaryl/α,β-unsaturated/α-hetero) is 1. The minimum atomic E-state index is -0.0460. The lowest BCUT2D eigenvalue weighted by molar-refractivity contribution is -0.123. The van der Waals surface area contributed by atoms with E-state index in [1.54, 1.807) is 0 Å². The molecule has 108 valence electrons. The number of nitrogens with one attached hydrogen (secondary N) is 1. The Morgan fingerprint density at radius 1 is 1.30 bits per heavy atom. The molecule has 1 aromatic rings. The van der Waals surface area contributed by atoms with E-state index >= 15 is 0 Å². The maximum atomic E-state index is 12.2. The van der Waals surface area contributed by atoms with Gasteiger partial charge < -0.3 is 10.1 Å². The zero-order valence-electron chi connectivity index (χ0n) is 11.8. The number of carbonyl (C=O) groups is 1. The van der Waals surface area contributed by atoms with Crippen LogP contribution in [0, 0.1) is 0 Å². The van der Waals surface area contributed by atoms with Crippen molar-refractivity contribution in [1.29, 1.82) is 0 Å². The van der Waals surface area contributed by atoms with Crippen LogP contribution in [0.25, 0.3) is 0 Å². The van der Waals surface area contributed by atoms with E-state index in [9.17, 15) is 4.79 Å². The van der Waals surface area contributed by atoms with E-state index in [1.165, 1.54) is 11.1 Å². The van der Waals surface area contributed by atoms with E-state index in [-0.39, 0.29) is 11.9 Å². The first-order valence-corrected chi connectivity index (χ1v) is 7.47. The van der Waals surface area contributed by atoms with Crippen LogP contribution in [0.1, 0.15) is 23.7 Å². The minimum Gasteiger partial charge on any atom is -0.373 e. The summed E-state index contributed by atoms with van der Waals surface area (Å²) >= 11 is 0. The van der Waals surface area contributed by atoms with Crippen LogP contribution in [-0.4, -0.2) is 50.0 Å². The second-order valence-electron chi connectivity index (χ2n) is 5.58. The molecule has 4 heteroatoms. The van der Waals surface area contributed by atoms with Crippen molar-refractivity contribution >= 4 is 5.78 Å². The summed E-state index contributed by atoms with van der Waals surface area (Å²) in [5.74, 6) is 0.286. The predicted molar refractivity (Wildman–Crippen MR) is 77.8 cm³/mol. The van der Waals surface area contributed by atoms with Crippen LogP contribution < -0.4 is 5.32 Å². The number of fused-ring (bicyclic) bond motifs is 1. The molecule has 1 fully saturated rings. The molecule has 2 aliphatic rings. The number of carbonyl (C=O) groups excluding carboxylic acids is 1. The fourth-order valence-electron chi connectivity index (χ4n) is 3.04. The monoisotopic (exact) mass is 274 g/mol. The Bertz CT molecular complexity index is 469. The van der Waals surface area contributed by atoms with E-state index in [0.29, 0.717) is 13.0 Å². The Hall–Kier alpha value is -1.23. The van der Waals surface area contributed by atoms with Gasteiger partial charge in [-0.1, -0.05) is 24.3 Å². The minimum absolute atomic E-state index is 0.0460. The van der Waals surface area contributed by atoms with Gasteiger partial charge in [0.25, 0.3) is 0 Å². The van der Waals surface area contributed by atoms with E-state index < -0.39 is 0 Å². The summed E-state index contributed by atoms with van der Waals surface area (Å²) in [4.78, 5) is 14.5. The van der Waals surface area contributed by atoms with E-state index in [2.05, 4.69) is 28.4 Å². The van der Waals surface area contributed by atoms with Crippen molar-refractivity contribution in [3.05, 3.63) is 35.4 Å². The normalized spacial score (nSPS) is 23.3. The first-order chi connectivity index (χ1) is 9.83. The van der Waals surface area contributed by atoms with Crippen molar-refractivity contribution in [3.8, 4) is 0 Å². The quantitative estimate of drug-likeness (QED) is 0.895. The van der Waals surface area contributed by atoms with Gasteiger partial charge in [0.2, 0.25) is 0 Å². The van der Waals surface area contributed by atoms with Crippen LogP contribution in [-0.2, 0) is 16.0 Å². The second-order valence-corrected chi connectivity index (χ2v) is 5.58. The molecular weight excluding hydrogens is 252 g/mol. The smallest absolute Gasteiger partial charge is 0.149 e. The molecule has 1 unspecified atom stereocenters. The van der Waals surface area contributed by atoms with Gasteiger partial charge in [0.1, 0.15) is 5.78 Å². The third-order valence-corrected chi connectivity index (χ3v) is 4.12. The molecule has 0 saturated carbocycles. The lowest BCUT2D eigenvalue weighted by Crippen LogP contribution is -2.45. The molecule has 0 amide bonds. The van der Waals surface area contributed by atoms with Crippen LogP contribution in [0.15, 0.2) is 24.3 Å². The van der Waals surface area contributed by atoms with Crippen LogP contribution in [0.4, 0.5) is 0 Å². The summed E-state index contributed by atoms with van der Waals surface area (Å²) < 4.78 is 5.81. The number of ether oxygens (including phenoxy) is 1. The molecule has 1 atom stereocenters. The van der Waals surface area contributed by atoms with E-state index in [1.807, 2.05) is 6.07 Å². The molecule has 2 heterocycles. The first-order valence-electron chi connectivity index (χ1n) is 7.47. The standard InChI is InChI=1S/C16H22N2O2/c19-14(12-18-8-6-17-7-9-18)11-16-15-4-2-1-3-13(15)5-10-20-16/h1-4,16-17H,5-12H2. The molecule has 1 N–H and O–H groups in total. The van der Waals surface area contributed by atoms with Crippen molar-refractivity contribution in [3.63, 3.8) is 0 Å². The predicted octanol–water partition coefficient (Wildman–Crippen LogP) is 1.16. The highest BCUT2D eigenvalue weighted by molar-refractivity contribution is 5.81. The van der Waals surface area contributed by atoms with Crippen LogP contribution in [0.3, 0.4) is 0 Å². The number of benzene rings is 1. The van der Waals surface area contributed by atoms with Gasteiger partial charge in [0.15, 0.2) is 0 Å². The molecule has 0 aliphatic carbocycles. The van der Waals surface area contributed by atoms with Crippen molar-refractivity contribution < 1.29 is 9.53 Å². The fraction of sp³-hybridized carbons (Fsp3) is 0.562. The Kier molecular flexibility index (Phi) is 4.45. The number of hydrogen-bond acceptors (Lipinski definition) is 4. The molecule has 0 aromatic heterocycles. The topological polar surface area (TPSA) is 41.6 Å². The zero-order chi connectivity index (χ0) is 13.8. The van der Waals surface area contributed by atoms with Gasteiger partial charge in [-0.3, -0.25) is 9.69 Å². The summed E-state index contributed by atoms with van der Waals surface area (Å²) in [5, 5.41) is 3.30. The molecule has 2 aliphatic heterocycles. The number of ketones is 1. The van der Waals surface area contributed by atoms with Gasteiger partial charge >= 0.3 is 0 Å². The van der Waals surface area contributed by atoms with Crippen LogP contribution in [0.2, 0.25) is 0 Å². The van der Waals surface area contributed by atoms with Gasteiger partial charge in [0, 0.05) is 32.6 Å². The summed E-state index contributed by atoms with van der Waals surface area (Å²) in [5.41, 5.74) is 2.53. The van der Waals surface area contributed by atoms with Crippen molar-refractivity contribution in [2.24, 2.45) is 0 Å². The first kappa shape index (κ1) is 13.7. The Morgan fingerprint density at radius 3 is 2.95 bits per heavy atom. The maximum absolute atomic E-state index is 12.2. The maximum Gasteiger partial charge on any atom is 0.149 e. The number of nitrogens with zero attached hydrogens (tertiary/aromatic N) is 1. The van der Waals surface area contributed by atoms with Crippen molar-refractivity contribution in [1.82, 2.24) is 10.2 Å². The number of rotatable bonds is 4. The molecule has 0 radical (unpaired) electrons. The number of hydrogen-bond donors (Lipinski definition) is 1. The zero-order valence-corrected chi connectivity index (χ0v) is 11.8. The fourth-order valence-corrected chi connectivity index (χ4v) is 3.04. The molecule has 0 spiro atoms. The number of piperazine rings is 1. The summed E-state index contributed by atoms with van der Waals surface area (Å²) in [6.45, 7) is 5.18. The highest BCUT2D eigenvalue weighted by Gasteiger charge is 2.24. The molecule has 0 bridgehead atoms. The lowest BCUT2D eigenvalue weighted by atomic mass is 9.94. The Morgan fingerprint density at radius 2 is 2.10 bits per heavy atom. The van der Waals surface area contributed by atoms with Gasteiger partial charge in [-0.2, -0.15) is 0 Å². The molecule has 1 aromatic carbocycles.